The molecule has 0 heterocycles. The second-order valence-electron chi connectivity index (χ2n) is 2.95. The topological polar surface area (TPSA) is 60.7 Å². The molecule has 0 fully saturated rings. The molecular formula is C11H14O3. The SMILES string of the molecule is C=Cc1ccc(CO)c(CO)c1CO. The molecule has 3 N–H and O–H groups in total. The maximum Gasteiger partial charge on any atom is 0.0691 e. The smallest absolute Gasteiger partial charge is 0.0691 e. The van der Waals surface area contributed by atoms with Crippen LogP contribution in [-0.2, 0) is 19.8 Å². The Morgan fingerprint density at radius 3 is 2.07 bits per heavy atom. The molecule has 1 rings (SSSR count). The van der Waals surface area contributed by atoms with E-state index in [9.17, 15) is 0 Å². The van der Waals surface area contributed by atoms with Crippen LogP contribution in [0.2, 0.25) is 0 Å². The Morgan fingerprint density at radius 2 is 1.64 bits per heavy atom. The number of rotatable bonds is 4. The molecule has 0 aliphatic carbocycles. The molecule has 14 heavy (non-hydrogen) atoms. The normalized spacial score (nSPS) is 10.2. The van der Waals surface area contributed by atoms with Crippen molar-refractivity contribution in [3.05, 3.63) is 41.0 Å². The molecule has 0 bridgehead atoms. The molecule has 0 atom stereocenters. The van der Waals surface area contributed by atoms with Crippen LogP contribution in [0.3, 0.4) is 0 Å². The first-order valence-electron chi connectivity index (χ1n) is 4.37. The Kier molecular flexibility index (Phi) is 3.83. The van der Waals surface area contributed by atoms with Crippen LogP contribution in [0.4, 0.5) is 0 Å². The second kappa shape index (κ2) is 4.91. The zero-order chi connectivity index (χ0) is 10.6. The van der Waals surface area contributed by atoms with Gasteiger partial charge in [0.05, 0.1) is 19.8 Å². The largest absolute Gasteiger partial charge is 0.392 e. The third-order valence-electron chi connectivity index (χ3n) is 2.27. The minimum absolute atomic E-state index is 0.139. The summed E-state index contributed by atoms with van der Waals surface area (Å²) in [7, 11) is 0. The molecular weight excluding hydrogens is 180 g/mol. The van der Waals surface area contributed by atoms with Crippen LogP contribution in [0, 0.1) is 0 Å². The second-order valence-corrected chi connectivity index (χ2v) is 2.95. The van der Waals surface area contributed by atoms with Crippen LogP contribution in [0.25, 0.3) is 6.08 Å². The third kappa shape index (κ3) is 1.85. The van der Waals surface area contributed by atoms with Gasteiger partial charge in [0.2, 0.25) is 0 Å². The lowest BCUT2D eigenvalue weighted by Gasteiger charge is -2.12. The van der Waals surface area contributed by atoms with E-state index in [4.69, 9.17) is 15.3 Å². The Balaban J connectivity index is 3.35. The standard InChI is InChI=1S/C11H14O3/c1-2-8-3-4-9(5-12)11(7-14)10(8)6-13/h2-4,12-14H,1,5-7H2. The molecule has 0 unspecified atom stereocenters. The van der Waals surface area contributed by atoms with Gasteiger partial charge in [-0.25, -0.2) is 0 Å². The molecule has 0 aliphatic rings. The number of benzene rings is 1. The Hall–Kier alpha value is -1.16. The summed E-state index contributed by atoms with van der Waals surface area (Å²) in [5.41, 5.74) is 2.65. The van der Waals surface area contributed by atoms with Crippen LogP contribution >= 0.6 is 0 Å². The van der Waals surface area contributed by atoms with Crippen molar-refractivity contribution >= 4 is 6.08 Å². The minimum atomic E-state index is -0.187. The predicted octanol–water partition coefficient (Wildman–Crippen LogP) is 0.806. The Labute approximate surface area is 82.9 Å². The molecule has 1 aromatic rings. The van der Waals surface area contributed by atoms with Crippen molar-refractivity contribution in [2.75, 3.05) is 0 Å². The van der Waals surface area contributed by atoms with Crippen molar-refractivity contribution in [2.24, 2.45) is 0 Å². The minimum Gasteiger partial charge on any atom is -0.392 e. The average Bonchev–Trinajstić information content (AvgIpc) is 2.26. The summed E-state index contributed by atoms with van der Waals surface area (Å²) in [6, 6.07) is 3.49. The van der Waals surface area contributed by atoms with Crippen molar-refractivity contribution in [3.8, 4) is 0 Å². The maximum absolute atomic E-state index is 9.14. The molecule has 3 heteroatoms. The fourth-order valence-corrected chi connectivity index (χ4v) is 1.48. The lowest BCUT2D eigenvalue weighted by molar-refractivity contribution is 0.247. The third-order valence-corrected chi connectivity index (χ3v) is 2.27. The zero-order valence-electron chi connectivity index (χ0n) is 7.90. The molecule has 0 aliphatic heterocycles. The Morgan fingerprint density at radius 1 is 1.00 bits per heavy atom. The molecule has 1 aromatic carbocycles. The van der Waals surface area contributed by atoms with Gasteiger partial charge >= 0.3 is 0 Å². The van der Waals surface area contributed by atoms with Crippen LogP contribution in [0.5, 0.6) is 0 Å². The maximum atomic E-state index is 9.14. The van der Waals surface area contributed by atoms with Gasteiger partial charge in [-0.1, -0.05) is 24.8 Å². The zero-order valence-corrected chi connectivity index (χ0v) is 7.90. The van der Waals surface area contributed by atoms with E-state index in [1.54, 1.807) is 18.2 Å². The monoisotopic (exact) mass is 194 g/mol. The molecule has 76 valence electrons. The van der Waals surface area contributed by atoms with E-state index >= 15 is 0 Å². The summed E-state index contributed by atoms with van der Waals surface area (Å²) in [6.07, 6.45) is 1.62. The van der Waals surface area contributed by atoms with Gasteiger partial charge in [-0.15, -0.1) is 0 Å². The number of hydrogen-bond acceptors (Lipinski definition) is 3. The van der Waals surface area contributed by atoms with Gasteiger partial charge in [-0.05, 0) is 22.3 Å². The van der Waals surface area contributed by atoms with E-state index < -0.39 is 0 Å². The molecule has 3 nitrogen and oxygen atoms in total. The molecule has 0 saturated carbocycles. The van der Waals surface area contributed by atoms with Gasteiger partial charge in [0.1, 0.15) is 0 Å². The fourth-order valence-electron chi connectivity index (χ4n) is 1.48. The summed E-state index contributed by atoms with van der Waals surface area (Å²) < 4.78 is 0. The molecule has 0 aromatic heterocycles. The number of hydrogen-bond donors (Lipinski definition) is 3. The van der Waals surface area contributed by atoms with Crippen LogP contribution in [-0.4, -0.2) is 15.3 Å². The van der Waals surface area contributed by atoms with E-state index in [0.717, 1.165) is 5.56 Å². The first-order valence-corrected chi connectivity index (χ1v) is 4.37. The van der Waals surface area contributed by atoms with Crippen molar-refractivity contribution in [3.63, 3.8) is 0 Å². The van der Waals surface area contributed by atoms with Crippen LogP contribution in [0.15, 0.2) is 18.7 Å². The molecule has 0 amide bonds. The summed E-state index contributed by atoms with van der Waals surface area (Å²) in [6.45, 7) is 3.13. The van der Waals surface area contributed by atoms with Crippen molar-refractivity contribution in [1.82, 2.24) is 0 Å². The highest BCUT2D eigenvalue weighted by Gasteiger charge is 2.09. The van der Waals surface area contributed by atoms with Gasteiger partial charge in [-0.3, -0.25) is 0 Å². The molecule has 0 radical (unpaired) electrons. The van der Waals surface area contributed by atoms with E-state index in [1.165, 1.54) is 0 Å². The van der Waals surface area contributed by atoms with Crippen molar-refractivity contribution < 1.29 is 15.3 Å². The summed E-state index contributed by atoms with van der Waals surface area (Å²) >= 11 is 0. The van der Waals surface area contributed by atoms with Gasteiger partial charge in [0.25, 0.3) is 0 Å². The lowest BCUT2D eigenvalue weighted by Crippen LogP contribution is -2.02. The Bertz CT molecular complexity index is 332. The van der Waals surface area contributed by atoms with E-state index in [2.05, 4.69) is 6.58 Å². The van der Waals surface area contributed by atoms with Crippen LogP contribution in [0.1, 0.15) is 22.3 Å². The highest BCUT2D eigenvalue weighted by molar-refractivity contribution is 5.56. The predicted molar refractivity (Wildman–Crippen MR) is 54.3 cm³/mol. The lowest BCUT2D eigenvalue weighted by atomic mass is 9.97. The first-order chi connectivity index (χ1) is 6.78. The van der Waals surface area contributed by atoms with Gasteiger partial charge in [0.15, 0.2) is 0 Å². The van der Waals surface area contributed by atoms with Crippen molar-refractivity contribution in [2.45, 2.75) is 19.8 Å². The van der Waals surface area contributed by atoms with E-state index in [0.29, 0.717) is 16.7 Å². The van der Waals surface area contributed by atoms with Crippen LogP contribution < -0.4 is 0 Å². The fraction of sp³-hybridized carbons (Fsp3) is 0.273. The average molecular weight is 194 g/mol. The summed E-state index contributed by atoms with van der Waals surface area (Å²) in [5.74, 6) is 0. The van der Waals surface area contributed by atoms with Gasteiger partial charge < -0.3 is 15.3 Å². The molecule has 0 spiro atoms. The van der Waals surface area contributed by atoms with E-state index in [-0.39, 0.29) is 19.8 Å². The van der Waals surface area contributed by atoms with Gasteiger partial charge in [0, 0.05) is 0 Å². The summed E-state index contributed by atoms with van der Waals surface area (Å²) in [5, 5.41) is 27.3. The molecule has 0 saturated heterocycles. The number of aliphatic hydroxyl groups is 3. The van der Waals surface area contributed by atoms with Crippen molar-refractivity contribution in [1.29, 1.82) is 0 Å². The highest BCUT2D eigenvalue weighted by Crippen LogP contribution is 2.20. The first kappa shape index (κ1) is 10.9. The summed E-state index contributed by atoms with van der Waals surface area (Å²) in [4.78, 5) is 0. The quantitative estimate of drug-likeness (QED) is 0.664. The number of aliphatic hydroxyl groups excluding tert-OH is 3. The van der Waals surface area contributed by atoms with Gasteiger partial charge in [-0.2, -0.15) is 0 Å². The van der Waals surface area contributed by atoms with E-state index in [1.807, 2.05) is 0 Å². The highest BCUT2D eigenvalue weighted by atomic mass is 16.3.